The van der Waals surface area contributed by atoms with Gasteiger partial charge < -0.3 is 19.6 Å². The molecule has 0 aromatic carbocycles. The van der Waals surface area contributed by atoms with Crippen molar-refractivity contribution in [1.29, 1.82) is 0 Å². The molecule has 0 aromatic heterocycles. The Bertz CT molecular complexity index is 402. The zero-order chi connectivity index (χ0) is 14.3. The number of aliphatic carboxylic acids is 1. The van der Waals surface area contributed by atoms with E-state index in [4.69, 9.17) is 4.74 Å². The minimum Gasteiger partial charge on any atom is -0.480 e. The van der Waals surface area contributed by atoms with Crippen LogP contribution in [0.2, 0.25) is 0 Å². The average molecular weight is 282 g/mol. The van der Waals surface area contributed by atoms with Crippen LogP contribution in [-0.4, -0.2) is 65.8 Å². The monoisotopic (exact) mass is 282 g/mol. The largest absolute Gasteiger partial charge is 0.480 e. The molecule has 1 N–H and O–H groups in total. The number of likely N-dealkylation sites (tertiary alicyclic amines) is 2. The summed E-state index contributed by atoms with van der Waals surface area (Å²) in [4.78, 5) is 27.2. The highest BCUT2D eigenvalue weighted by Gasteiger charge is 2.45. The molecule has 3 fully saturated rings. The molecular formula is C14H22N2O4. The number of ether oxygens (including phenoxy) is 1. The third-order valence-corrected chi connectivity index (χ3v) is 5.12. The van der Waals surface area contributed by atoms with Crippen LogP contribution in [0.25, 0.3) is 0 Å². The number of carboxylic acid groups (broad SMARTS) is 1. The lowest BCUT2D eigenvalue weighted by Gasteiger charge is -2.27. The fraction of sp³-hybridized carbons (Fsp3) is 0.857. The number of amides is 2. The van der Waals surface area contributed by atoms with Crippen molar-refractivity contribution in [3.05, 3.63) is 0 Å². The van der Waals surface area contributed by atoms with Crippen LogP contribution in [0.4, 0.5) is 4.79 Å². The van der Waals surface area contributed by atoms with E-state index in [0.29, 0.717) is 24.8 Å². The highest BCUT2D eigenvalue weighted by Crippen LogP contribution is 2.38. The molecule has 2 aliphatic heterocycles. The smallest absolute Gasteiger partial charge is 0.326 e. The Morgan fingerprint density at radius 3 is 2.35 bits per heavy atom. The lowest BCUT2D eigenvalue weighted by atomic mass is 10.0. The summed E-state index contributed by atoms with van der Waals surface area (Å²) in [5.74, 6) is 0.323. The molecule has 20 heavy (non-hydrogen) atoms. The van der Waals surface area contributed by atoms with Gasteiger partial charge in [0.25, 0.3) is 0 Å². The summed E-state index contributed by atoms with van der Waals surface area (Å²) >= 11 is 0. The van der Waals surface area contributed by atoms with Crippen LogP contribution < -0.4 is 0 Å². The van der Waals surface area contributed by atoms with E-state index >= 15 is 0 Å². The van der Waals surface area contributed by atoms with Crippen LogP contribution in [0, 0.1) is 11.8 Å². The van der Waals surface area contributed by atoms with Gasteiger partial charge in [-0.15, -0.1) is 0 Å². The third kappa shape index (κ3) is 2.26. The summed E-state index contributed by atoms with van der Waals surface area (Å²) in [5, 5.41) is 9.28. The molecule has 6 nitrogen and oxygen atoms in total. The third-order valence-electron chi connectivity index (χ3n) is 5.12. The number of hydrogen-bond acceptors (Lipinski definition) is 3. The van der Waals surface area contributed by atoms with Gasteiger partial charge in [0.15, 0.2) is 0 Å². The van der Waals surface area contributed by atoms with Crippen molar-refractivity contribution >= 4 is 12.0 Å². The van der Waals surface area contributed by atoms with Gasteiger partial charge in [0.2, 0.25) is 0 Å². The van der Waals surface area contributed by atoms with Crippen molar-refractivity contribution in [3.63, 3.8) is 0 Å². The summed E-state index contributed by atoms with van der Waals surface area (Å²) in [6.07, 6.45) is 3.90. The van der Waals surface area contributed by atoms with E-state index in [1.54, 1.807) is 7.11 Å². The van der Waals surface area contributed by atoms with Gasteiger partial charge in [-0.25, -0.2) is 9.59 Å². The van der Waals surface area contributed by atoms with Crippen LogP contribution in [0.3, 0.4) is 0 Å². The summed E-state index contributed by atoms with van der Waals surface area (Å²) in [6, 6.07) is -0.862. The molecule has 6 heteroatoms. The zero-order valence-electron chi connectivity index (χ0n) is 11.8. The number of fused-ring (bicyclic) bond motifs is 1. The van der Waals surface area contributed by atoms with Crippen molar-refractivity contribution in [3.8, 4) is 0 Å². The van der Waals surface area contributed by atoms with Gasteiger partial charge in [-0.05, 0) is 24.7 Å². The van der Waals surface area contributed by atoms with E-state index in [9.17, 15) is 14.7 Å². The maximum Gasteiger partial charge on any atom is 0.326 e. The van der Waals surface area contributed by atoms with Crippen molar-refractivity contribution in [2.75, 3.05) is 26.7 Å². The number of carbonyl (C=O) groups excluding carboxylic acids is 1. The number of hydrogen-bond donors (Lipinski definition) is 1. The lowest BCUT2D eigenvalue weighted by Crippen LogP contribution is -2.47. The lowest BCUT2D eigenvalue weighted by molar-refractivity contribution is -0.141. The molecule has 4 unspecified atom stereocenters. The Morgan fingerprint density at radius 1 is 1.15 bits per heavy atom. The van der Waals surface area contributed by atoms with E-state index in [0.717, 1.165) is 13.1 Å². The van der Waals surface area contributed by atoms with E-state index in [1.807, 2.05) is 4.90 Å². The second kappa shape index (κ2) is 5.24. The summed E-state index contributed by atoms with van der Waals surface area (Å²) in [7, 11) is 1.57. The number of urea groups is 1. The predicted octanol–water partition coefficient (Wildman–Crippen LogP) is 1.01. The van der Waals surface area contributed by atoms with Crippen LogP contribution in [0.15, 0.2) is 0 Å². The number of carboxylic acids is 1. The quantitative estimate of drug-likeness (QED) is 0.820. The van der Waals surface area contributed by atoms with Gasteiger partial charge in [-0.3, -0.25) is 0 Å². The molecule has 0 radical (unpaired) electrons. The first-order valence-electron chi connectivity index (χ1n) is 7.41. The van der Waals surface area contributed by atoms with Gasteiger partial charge in [0.1, 0.15) is 6.04 Å². The molecule has 4 atom stereocenters. The topological polar surface area (TPSA) is 70.1 Å². The number of nitrogens with zero attached hydrogens (tertiary/aromatic N) is 2. The Hall–Kier alpha value is -1.30. The molecule has 1 aliphatic carbocycles. The summed E-state index contributed by atoms with van der Waals surface area (Å²) < 4.78 is 5.23. The first-order valence-corrected chi connectivity index (χ1v) is 7.41. The molecule has 0 aromatic rings. The van der Waals surface area contributed by atoms with Crippen molar-refractivity contribution in [1.82, 2.24) is 9.80 Å². The molecule has 2 heterocycles. The normalized spacial score (nSPS) is 36.5. The van der Waals surface area contributed by atoms with Gasteiger partial charge in [-0.2, -0.15) is 0 Å². The minimum atomic E-state index is -0.933. The highest BCUT2D eigenvalue weighted by molar-refractivity contribution is 5.83. The Labute approximate surface area is 118 Å². The Balaban J connectivity index is 1.68. The van der Waals surface area contributed by atoms with Crippen molar-refractivity contribution < 1.29 is 19.4 Å². The van der Waals surface area contributed by atoms with Gasteiger partial charge in [0.05, 0.1) is 6.10 Å². The fourth-order valence-corrected chi connectivity index (χ4v) is 3.99. The molecule has 1 saturated carbocycles. The van der Waals surface area contributed by atoms with E-state index < -0.39 is 12.0 Å². The Morgan fingerprint density at radius 2 is 1.80 bits per heavy atom. The standard InChI is InChI=1S/C14H22N2O4/c1-20-11-5-12(13(17)18)16(8-11)14(19)15-6-9-3-2-4-10(9)7-15/h9-12H,2-8H2,1H3,(H,17,18). The van der Waals surface area contributed by atoms with Crippen molar-refractivity contribution in [2.45, 2.75) is 37.8 Å². The molecule has 2 saturated heterocycles. The first kappa shape index (κ1) is 13.7. The number of carbonyl (C=O) groups is 2. The minimum absolute atomic E-state index is 0.119. The second-order valence-corrected chi connectivity index (χ2v) is 6.24. The highest BCUT2D eigenvalue weighted by atomic mass is 16.5. The van der Waals surface area contributed by atoms with Crippen LogP contribution >= 0.6 is 0 Å². The van der Waals surface area contributed by atoms with Gasteiger partial charge in [-0.1, -0.05) is 6.42 Å². The maximum atomic E-state index is 12.6. The van der Waals surface area contributed by atoms with Crippen LogP contribution in [0.1, 0.15) is 25.7 Å². The molecule has 0 spiro atoms. The van der Waals surface area contributed by atoms with Gasteiger partial charge in [0, 0.05) is 33.2 Å². The van der Waals surface area contributed by atoms with Crippen molar-refractivity contribution in [2.24, 2.45) is 11.8 Å². The number of methoxy groups -OCH3 is 1. The van der Waals surface area contributed by atoms with Crippen LogP contribution in [0.5, 0.6) is 0 Å². The van der Waals surface area contributed by atoms with Crippen LogP contribution in [-0.2, 0) is 9.53 Å². The first-order chi connectivity index (χ1) is 9.60. The van der Waals surface area contributed by atoms with E-state index in [1.165, 1.54) is 24.2 Å². The van der Waals surface area contributed by atoms with E-state index in [-0.39, 0.29) is 12.1 Å². The second-order valence-electron chi connectivity index (χ2n) is 6.24. The maximum absolute atomic E-state index is 12.6. The Kier molecular flexibility index (Phi) is 3.58. The van der Waals surface area contributed by atoms with Gasteiger partial charge >= 0.3 is 12.0 Å². The number of rotatable bonds is 2. The molecule has 0 bridgehead atoms. The fourth-order valence-electron chi connectivity index (χ4n) is 3.99. The zero-order valence-corrected chi connectivity index (χ0v) is 11.8. The molecule has 2 amide bonds. The van der Waals surface area contributed by atoms with E-state index in [2.05, 4.69) is 0 Å². The average Bonchev–Trinajstić information content (AvgIpc) is 3.10. The SMILES string of the molecule is COC1CC(C(=O)O)N(C(=O)N2CC3CCCC3C2)C1. The molecule has 112 valence electrons. The summed E-state index contributed by atoms with van der Waals surface area (Å²) in [5.41, 5.74) is 0. The predicted molar refractivity (Wildman–Crippen MR) is 71.3 cm³/mol. The molecule has 3 aliphatic rings. The summed E-state index contributed by atoms with van der Waals surface area (Å²) in [6.45, 7) is 1.98. The molecular weight excluding hydrogens is 260 g/mol. The molecule has 3 rings (SSSR count).